The van der Waals surface area contributed by atoms with Crippen LogP contribution in [0.1, 0.15) is 16.7 Å². The fraction of sp³-hybridized carbons (Fsp3) is 0.200. The summed E-state index contributed by atoms with van der Waals surface area (Å²) >= 11 is 0. The predicted octanol–water partition coefficient (Wildman–Crippen LogP) is 5.47. The van der Waals surface area contributed by atoms with Crippen LogP contribution in [0, 0.1) is 0 Å². The average Bonchev–Trinajstić information content (AvgIpc) is 2.81. The first-order valence-corrected chi connectivity index (χ1v) is 9.51. The Hall–Kier alpha value is -3.60. The van der Waals surface area contributed by atoms with E-state index in [-0.39, 0.29) is 0 Å². The van der Waals surface area contributed by atoms with Crippen molar-refractivity contribution in [3.8, 4) is 28.7 Å². The molecular formula is C25H26O5. The Bertz CT molecular complexity index is 971. The smallest absolute Gasteiger partial charge is 0.203 e. The van der Waals surface area contributed by atoms with Gasteiger partial charge >= 0.3 is 0 Å². The van der Waals surface area contributed by atoms with E-state index in [1.807, 2.05) is 72.8 Å². The molecule has 5 heteroatoms. The van der Waals surface area contributed by atoms with E-state index in [2.05, 4.69) is 0 Å². The van der Waals surface area contributed by atoms with Gasteiger partial charge < -0.3 is 23.7 Å². The van der Waals surface area contributed by atoms with E-state index in [1.165, 1.54) is 0 Å². The SMILES string of the molecule is COc1ccc(/C=C/c2cc(OC)c(OC)c(OC)c2)c(OCc2ccccc2)c1. The van der Waals surface area contributed by atoms with Gasteiger partial charge in [-0.1, -0.05) is 42.5 Å². The molecule has 0 spiro atoms. The molecule has 0 amide bonds. The van der Waals surface area contributed by atoms with E-state index in [0.717, 1.165) is 28.2 Å². The van der Waals surface area contributed by atoms with Gasteiger partial charge in [0.15, 0.2) is 11.5 Å². The normalized spacial score (nSPS) is 10.7. The Balaban J connectivity index is 1.89. The van der Waals surface area contributed by atoms with Crippen LogP contribution in [0.15, 0.2) is 60.7 Å². The van der Waals surface area contributed by atoms with Gasteiger partial charge in [0.25, 0.3) is 0 Å². The van der Waals surface area contributed by atoms with Crippen LogP contribution in [-0.4, -0.2) is 28.4 Å². The Morgan fingerprint density at radius 1 is 0.667 bits per heavy atom. The summed E-state index contributed by atoms with van der Waals surface area (Å²) in [7, 11) is 6.43. The molecule has 0 saturated heterocycles. The fourth-order valence-corrected chi connectivity index (χ4v) is 3.02. The first-order valence-electron chi connectivity index (χ1n) is 9.51. The average molecular weight is 406 g/mol. The quantitative estimate of drug-likeness (QED) is 0.441. The Morgan fingerprint density at radius 3 is 1.97 bits per heavy atom. The topological polar surface area (TPSA) is 46.2 Å². The summed E-state index contributed by atoms with van der Waals surface area (Å²) in [6.45, 7) is 0.471. The van der Waals surface area contributed by atoms with Crippen LogP contribution < -0.4 is 23.7 Å². The minimum atomic E-state index is 0.471. The lowest BCUT2D eigenvalue weighted by Gasteiger charge is -2.13. The van der Waals surface area contributed by atoms with Crippen molar-refractivity contribution in [3.63, 3.8) is 0 Å². The van der Waals surface area contributed by atoms with Crippen LogP contribution in [0.2, 0.25) is 0 Å². The monoisotopic (exact) mass is 406 g/mol. The van der Waals surface area contributed by atoms with Gasteiger partial charge in [0.1, 0.15) is 18.1 Å². The maximum atomic E-state index is 6.08. The van der Waals surface area contributed by atoms with Crippen molar-refractivity contribution in [2.75, 3.05) is 28.4 Å². The maximum absolute atomic E-state index is 6.08. The highest BCUT2D eigenvalue weighted by Gasteiger charge is 2.12. The molecule has 30 heavy (non-hydrogen) atoms. The molecule has 0 unspecified atom stereocenters. The van der Waals surface area contributed by atoms with Crippen LogP contribution in [0.5, 0.6) is 28.7 Å². The summed E-state index contributed by atoms with van der Waals surface area (Å²) in [5, 5.41) is 0. The van der Waals surface area contributed by atoms with E-state index in [9.17, 15) is 0 Å². The number of hydrogen-bond donors (Lipinski definition) is 0. The lowest BCUT2D eigenvalue weighted by molar-refractivity contribution is 0.303. The molecule has 0 N–H and O–H groups in total. The molecule has 0 fully saturated rings. The van der Waals surface area contributed by atoms with Crippen molar-refractivity contribution in [2.24, 2.45) is 0 Å². The summed E-state index contributed by atoms with van der Waals surface area (Å²) in [6.07, 6.45) is 3.96. The van der Waals surface area contributed by atoms with Crippen molar-refractivity contribution >= 4 is 12.2 Å². The van der Waals surface area contributed by atoms with Crippen molar-refractivity contribution in [2.45, 2.75) is 6.61 Å². The van der Waals surface area contributed by atoms with Crippen molar-refractivity contribution in [1.29, 1.82) is 0 Å². The fourth-order valence-electron chi connectivity index (χ4n) is 3.02. The Kier molecular flexibility index (Phi) is 7.22. The van der Waals surface area contributed by atoms with Crippen LogP contribution in [0.3, 0.4) is 0 Å². The summed E-state index contributed by atoms with van der Waals surface area (Å²) in [5.41, 5.74) is 2.94. The van der Waals surface area contributed by atoms with E-state index in [1.54, 1.807) is 28.4 Å². The van der Waals surface area contributed by atoms with Crippen LogP contribution in [-0.2, 0) is 6.61 Å². The van der Waals surface area contributed by atoms with Gasteiger partial charge in [-0.3, -0.25) is 0 Å². The van der Waals surface area contributed by atoms with Gasteiger partial charge in [0.05, 0.1) is 28.4 Å². The molecule has 0 bridgehead atoms. The predicted molar refractivity (Wildman–Crippen MR) is 119 cm³/mol. The first kappa shape index (κ1) is 21.1. The minimum Gasteiger partial charge on any atom is -0.497 e. The second-order valence-corrected chi connectivity index (χ2v) is 6.47. The van der Waals surface area contributed by atoms with Gasteiger partial charge in [-0.05, 0) is 35.4 Å². The van der Waals surface area contributed by atoms with E-state index >= 15 is 0 Å². The number of benzene rings is 3. The van der Waals surface area contributed by atoms with Crippen LogP contribution >= 0.6 is 0 Å². The molecule has 5 nitrogen and oxygen atoms in total. The van der Waals surface area contributed by atoms with E-state index in [0.29, 0.717) is 23.9 Å². The number of hydrogen-bond acceptors (Lipinski definition) is 5. The molecule has 0 aliphatic carbocycles. The number of ether oxygens (including phenoxy) is 5. The van der Waals surface area contributed by atoms with Gasteiger partial charge in [-0.15, -0.1) is 0 Å². The first-order chi connectivity index (χ1) is 14.7. The highest BCUT2D eigenvalue weighted by Crippen LogP contribution is 2.39. The third-order valence-corrected chi connectivity index (χ3v) is 4.60. The molecule has 0 aliphatic rings. The zero-order valence-electron chi connectivity index (χ0n) is 17.7. The Morgan fingerprint density at radius 2 is 1.37 bits per heavy atom. The third kappa shape index (κ3) is 5.06. The third-order valence-electron chi connectivity index (χ3n) is 4.60. The molecule has 0 atom stereocenters. The van der Waals surface area contributed by atoms with Crippen molar-refractivity contribution in [1.82, 2.24) is 0 Å². The molecule has 0 aliphatic heterocycles. The number of methoxy groups -OCH3 is 4. The highest BCUT2D eigenvalue weighted by molar-refractivity contribution is 5.75. The Labute approximate surface area is 177 Å². The van der Waals surface area contributed by atoms with Gasteiger partial charge in [0, 0.05) is 11.6 Å². The molecule has 0 radical (unpaired) electrons. The molecule has 0 heterocycles. The summed E-state index contributed by atoms with van der Waals surface area (Å²) < 4.78 is 27.7. The molecule has 3 aromatic carbocycles. The zero-order valence-corrected chi connectivity index (χ0v) is 17.7. The van der Waals surface area contributed by atoms with E-state index < -0.39 is 0 Å². The maximum Gasteiger partial charge on any atom is 0.203 e. The van der Waals surface area contributed by atoms with Crippen LogP contribution in [0.25, 0.3) is 12.2 Å². The summed E-state index contributed by atoms with van der Waals surface area (Å²) in [4.78, 5) is 0. The van der Waals surface area contributed by atoms with Gasteiger partial charge in [0.2, 0.25) is 5.75 Å². The van der Waals surface area contributed by atoms with Gasteiger partial charge in [-0.2, -0.15) is 0 Å². The second kappa shape index (κ2) is 10.3. The largest absolute Gasteiger partial charge is 0.497 e. The molecule has 3 aromatic rings. The minimum absolute atomic E-state index is 0.471. The molecule has 3 rings (SSSR count). The second-order valence-electron chi connectivity index (χ2n) is 6.47. The van der Waals surface area contributed by atoms with Crippen molar-refractivity contribution in [3.05, 3.63) is 77.4 Å². The highest BCUT2D eigenvalue weighted by atomic mass is 16.5. The molecule has 0 aromatic heterocycles. The molecule has 0 saturated carbocycles. The lowest BCUT2D eigenvalue weighted by atomic mass is 10.1. The number of rotatable bonds is 9. The van der Waals surface area contributed by atoms with Crippen LogP contribution in [0.4, 0.5) is 0 Å². The standard InChI is InChI=1S/C25H26O5/c1-26-21-13-12-20(22(16-21)30-17-18-8-6-5-7-9-18)11-10-19-14-23(27-2)25(29-4)24(15-19)28-3/h5-16H,17H2,1-4H3/b11-10+. The van der Waals surface area contributed by atoms with Gasteiger partial charge in [-0.25, -0.2) is 0 Å². The zero-order chi connectivity index (χ0) is 21.3. The van der Waals surface area contributed by atoms with E-state index in [4.69, 9.17) is 23.7 Å². The molecule has 156 valence electrons. The molecular weight excluding hydrogens is 380 g/mol. The lowest BCUT2D eigenvalue weighted by Crippen LogP contribution is -1.97. The summed E-state index contributed by atoms with van der Waals surface area (Å²) in [5.74, 6) is 3.25. The van der Waals surface area contributed by atoms with Crippen molar-refractivity contribution < 1.29 is 23.7 Å². The summed E-state index contributed by atoms with van der Waals surface area (Å²) in [6, 6.07) is 19.6.